The fourth-order valence-electron chi connectivity index (χ4n) is 4.88. The number of hydrogen-bond acceptors (Lipinski definition) is 6. The Bertz CT molecular complexity index is 1180. The minimum absolute atomic E-state index is 0.123. The molecule has 0 unspecified atom stereocenters. The van der Waals surface area contributed by atoms with E-state index in [9.17, 15) is 4.79 Å². The van der Waals surface area contributed by atoms with Gasteiger partial charge >= 0.3 is 0 Å². The number of aromatic nitrogens is 1. The smallest absolute Gasteiger partial charge is 0.233 e. The molecule has 5 rings (SSSR count). The lowest BCUT2D eigenvalue weighted by Crippen LogP contribution is -2.29. The highest BCUT2D eigenvalue weighted by atomic mass is 16.5. The molecule has 0 radical (unpaired) electrons. The van der Waals surface area contributed by atoms with Gasteiger partial charge in [0, 0.05) is 23.3 Å². The lowest BCUT2D eigenvalue weighted by molar-refractivity contribution is -0.116. The zero-order chi connectivity index (χ0) is 21.5. The first-order valence-electron chi connectivity index (χ1n) is 10.4. The summed E-state index contributed by atoms with van der Waals surface area (Å²) in [6.45, 7) is 1.90. The predicted octanol–water partition coefficient (Wildman–Crippen LogP) is 4.96. The van der Waals surface area contributed by atoms with E-state index < -0.39 is 0 Å². The summed E-state index contributed by atoms with van der Waals surface area (Å²) in [5, 5.41) is 7.56. The van der Waals surface area contributed by atoms with E-state index in [2.05, 4.69) is 22.6 Å². The van der Waals surface area contributed by atoms with Crippen molar-refractivity contribution in [2.75, 3.05) is 19.5 Å². The van der Waals surface area contributed by atoms with Crippen LogP contribution < -0.4 is 14.8 Å². The zero-order valence-corrected chi connectivity index (χ0v) is 17.8. The highest BCUT2D eigenvalue weighted by molar-refractivity contribution is 6.01. The molecule has 1 aliphatic carbocycles. The molecule has 6 nitrogen and oxygen atoms in total. The second kappa shape index (κ2) is 7.61. The summed E-state index contributed by atoms with van der Waals surface area (Å²) >= 11 is 0. The molecule has 3 aromatic rings. The number of rotatable bonds is 4. The summed E-state index contributed by atoms with van der Waals surface area (Å²) < 4.78 is 16.9. The third-order valence-electron chi connectivity index (χ3n) is 6.27. The van der Waals surface area contributed by atoms with Crippen LogP contribution in [0.2, 0.25) is 0 Å². The third kappa shape index (κ3) is 3.10. The van der Waals surface area contributed by atoms with Crippen molar-refractivity contribution in [3.05, 3.63) is 82.2 Å². The lowest BCUT2D eigenvalue weighted by atomic mass is 9.72. The minimum Gasteiger partial charge on any atom is -0.493 e. The Hall–Kier alpha value is -3.54. The number of ketones is 1. The number of allylic oxidation sites excluding steroid dienone is 2. The van der Waals surface area contributed by atoms with E-state index in [0.717, 1.165) is 34.5 Å². The largest absolute Gasteiger partial charge is 0.493 e. The van der Waals surface area contributed by atoms with Crippen molar-refractivity contribution in [2.24, 2.45) is 0 Å². The third-order valence-corrected chi connectivity index (χ3v) is 6.27. The second-order valence-corrected chi connectivity index (χ2v) is 7.98. The molecule has 6 heteroatoms. The summed E-state index contributed by atoms with van der Waals surface area (Å²) in [6, 6.07) is 15.9. The van der Waals surface area contributed by atoms with Gasteiger partial charge in [0.1, 0.15) is 0 Å². The molecule has 0 saturated heterocycles. The van der Waals surface area contributed by atoms with Crippen LogP contribution in [-0.4, -0.2) is 25.2 Å². The van der Waals surface area contributed by atoms with Crippen molar-refractivity contribution in [1.82, 2.24) is 5.16 Å². The number of carbonyl (C=O) groups is 1. The Morgan fingerprint density at radius 3 is 2.58 bits per heavy atom. The summed E-state index contributed by atoms with van der Waals surface area (Å²) in [5.41, 5.74) is 5.31. The van der Waals surface area contributed by atoms with E-state index in [1.807, 2.05) is 43.3 Å². The SMILES string of the molecule is COc1cccc([C@@H]2C3=C(C[C@@H](c4ccccc4)CC3=O)Nc3onc(C)c32)c1OC. The number of Topliss-reactive ketones (excluding diaryl/α,β-unsaturated/α-hetero) is 1. The summed E-state index contributed by atoms with van der Waals surface area (Å²) in [4.78, 5) is 13.6. The van der Waals surface area contributed by atoms with Gasteiger partial charge < -0.3 is 19.3 Å². The molecule has 2 atom stereocenters. The van der Waals surface area contributed by atoms with Gasteiger partial charge in [-0.15, -0.1) is 0 Å². The van der Waals surface area contributed by atoms with Crippen molar-refractivity contribution in [3.63, 3.8) is 0 Å². The predicted molar refractivity (Wildman–Crippen MR) is 117 cm³/mol. The van der Waals surface area contributed by atoms with Gasteiger partial charge in [-0.1, -0.05) is 47.6 Å². The van der Waals surface area contributed by atoms with Gasteiger partial charge in [0.15, 0.2) is 17.3 Å². The van der Waals surface area contributed by atoms with Crippen LogP contribution in [0.25, 0.3) is 0 Å². The standard InChI is InChI=1S/C25H24N2O4/c1-14-21-22(17-10-7-11-20(29-2)24(17)30-3)23-18(26-25(21)31-27-14)12-16(13-19(23)28)15-8-5-4-6-9-15/h4-11,16,22,26H,12-13H2,1-3H3/t16-,22+/m1/s1. The topological polar surface area (TPSA) is 73.6 Å². The maximum absolute atomic E-state index is 13.6. The molecule has 1 aromatic heterocycles. The van der Waals surface area contributed by atoms with Gasteiger partial charge in [0.2, 0.25) is 5.88 Å². The molecule has 0 spiro atoms. The monoisotopic (exact) mass is 416 g/mol. The quantitative estimate of drug-likeness (QED) is 0.648. The molecular weight excluding hydrogens is 392 g/mol. The number of anilines is 1. The van der Waals surface area contributed by atoms with E-state index >= 15 is 0 Å². The number of methoxy groups -OCH3 is 2. The van der Waals surface area contributed by atoms with Gasteiger partial charge in [0.05, 0.1) is 31.4 Å². The van der Waals surface area contributed by atoms with Crippen LogP contribution in [0.1, 0.15) is 47.1 Å². The Labute approximate surface area is 180 Å². The average molecular weight is 416 g/mol. The first-order chi connectivity index (χ1) is 15.1. The van der Waals surface area contributed by atoms with Crippen LogP contribution in [-0.2, 0) is 4.79 Å². The number of ether oxygens (including phenoxy) is 2. The van der Waals surface area contributed by atoms with Crippen LogP contribution in [0.5, 0.6) is 11.5 Å². The van der Waals surface area contributed by atoms with Crippen LogP contribution in [0, 0.1) is 6.92 Å². The Kier molecular flexibility index (Phi) is 4.77. The van der Waals surface area contributed by atoms with E-state index in [4.69, 9.17) is 14.0 Å². The van der Waals surface area contributed by atoms with Gasteiger partial charge in [-0.2, -0.15) is 0 Å². The molecule has 0 bridgehead atoms. The lowest BCUT2D eigenvalue weighted by Gasteiger charge is -2.35. The van der Waals surface area contributed by atoms with Crippen molar-refractivity contribution in [2.45, 2.75) is 31.6 Å². The van der Waals surface area contributed by atoms with Crippen molar-refractivity contribution in [1.29, 1.82) is 0 Å². The first kappa shape index (κ1) is 19.4. The Morgan fingerprint density at radius 2 is 1.84 bits per heavy atom. The van der Waals surface area contributed by atoms with Crippen molar-refractivity contribution < 1.29 is 18.8 Å². The minimum atomic E-state index is -0.327. The summed E-state index contributed by atoms with van der Waals surface area (Å²) in [6.07, 6.45) is 1.19. The number of fused-ring (bicyclic) bond motifs is 1. The number of hydrogen-bond donors (Lipinski definition) is 1. The molecule has 2 heterocycles. The van der Waals surface area contributed by atoms with Gasteiger partial charge in [-0.05, 0) is 30.9 Å². The summed E-state index contributed by atoms with van der Waals surface area (Å²) in [5.74, 6) is 1.76. The van der Waals surface area contributed by atoms with Gasteiger partial charge in [-0.25, -0.2) is 0 Å². The van der Waals surface area contributed by atoms with E-state index in [1.165, 1.54) is 5.56 Å². The highest BCUT2D eigenvalue weighted by Crippen LogP contribution is 2.51. The van der Waals surface area contributed by atoms with Crippen LogP contribution in [0.15, 0.2) is 64.3 Å². The maximum Gasteiger partial charge on any atom is 0.233 e. The molecule has 1 aliphatic heterocycles. The number of benzene rings is 2. The molecule has 31 heavy (non-hydrogen) atoms. The molecule has 2 aromatic carbocycles. The number of nitrogens with one attached hydrogen (secondary N) is 1. The van der Waals surface area contributed by atoms with Gasteiger partial charge in [-0.3, -0.25) is 4.79 Å². The van der Waals surface area contributed by atoms with Crippen molar-refractivity contribution >= 4 is 11.7 Å². The number of nitrogens with zero attached hydrogens (tertiary/aromatic N) is 1. The summed E-state index contributed by atoms with van der Waals surface area (Å²) in [7, 11) is 3.23. The number of para-hydroxylation sites is 1. The highest BCUT2D eigenvalue weighted by Gasteiger charge is 2.42. The van der Waals surface area contributed by atoms with E-state index in [0.29, 0.717) is 23.8 Å². The van der Waals surface area contributed by atoms with Crippen LogP contribution >= 0.6 is 0 Å². The Balaban J connectivity index is 1.68. The molecular formula is C25H24N2O4. The average Bonchev–Trinajstić information content (AvgIpc) is 3.17. The second-order valence-electron chi connectivity index (χ2n) is 7.98. The molecule has 0 fully saturated rings. The molecule has 158 valence electrons. The molecule has 2 aliphatic rings. The number of aryl methyl sites for hydroxylation is 1. The molecule has 1 N–H and O–H groups in total. The number of carbonyl (C=O) groups excluding carboxylic acids is 1. The van der Waals surface area contributed by atoms with Crippen molar-refractivity contribution in [3.8, 4) is 11.5 Å². The van der Waals surface area contributed by atoms with E-state index in [1.54, 1.807) is 14.2 Å². The normalized spacial score (nSPS) is 20.0. The molecule has 0 amide bonds. The maximum atomic E-state index is 13.6. The van der Waals surface area contributed by atoms with Crippen LogP contribution in [0.3, 0.4) is 0 Å². The zero-order valence-electron chi connectivity index (χ0n) is 17.8. The van der Waals surface area contributed by atoms with Gasteiger partial charge in [0.25, 0.3) is 0 Å². The molecule has 0 saturated carbocycles. The Morgan fingerprint density at radius 1 is 1.03 bits per heavy atom. The fraction of sp³-hybridized carbons (Fsp3) is 0.280. The first-order valence-corrected chi connectivity index (χ1v) is 10.4. The van der Waals surface area contributed by atoms with Crippen LogP contribution in [0.4, 0.5) is 5.88 Å². The van der Waals surface area contributed by atoms with E-state index in [-0.39, 0.29) is 17.6 Å². The fourth-order valence-corrected chi connectivity index (χ4v) is 4.88.